The van der Waals surface area contributed by atoms with Gasteiger partial charge in [0.2, 0.25) is 0 Å². The van der Waals surface area contributed by atoms with E-state index in [0.29, 0.717) is 23.8 Å². The SMILES string of the molecule is COc1ccc(OCc2ccccc2)c(NC(=O)c2ccco2)c1. The number of hydrogen-bond donors (Lipinski definition) is 1. The van der Waals surface area contributed by atoms with E-state index in [9.17, 15) is 4.79 Å². The summed E-state index contributed by atoms with van der Waals surface area (Å²) in [7, 11) is 1.57. The van der Waals surface area contributed by atoms with E-state index < -0.39 is 0 Å². The molecule has 3 rings (SSSR count). The lowest BCUT2D eigenvalue weighted by Gasteiger charge is -2.13. The van der Waals surface area contributed by atoms with Crippen LogP contribution >= 0.6 is 0 Å². The Morgan fingerprint density at radius 2 is 1.92 bits per heavy atom. The molecule has 3 aromatic rings. The van der Waals surface area contributed by atoms with Gasteiger partial charge in [0.15, 0.2) is 5.76 Å². The molecule has 0 aliphatic rings. The Kier molecular flexibility index (Phi) is 4.81. The third kappa shape index (κ3) is 3.76. The Balaban J connectivity index is 1.79. The maximum Gasteiger partial charge on any atom is 0.291 e. The van der Waals surface area contributed by atoms with Crippen molar-refractivity contribution in [3.05, 3.63) is 78.3 Å². The van der Waals surface area contributed by atoms with Crippen LogP contribution in [0, 0.1) is 0 Å². The number of carbonyl (C=O) groups excluding carboxylic acids is 1. The normalized spacial score (nSPS) is 10.2. The summed E-state index contributed by atoms with van der Waals surface area (Å²) in [5, 5.41) is 2.79. The Labute approximate surface area is 139 Å². The van der Waals surface area contributed by atoms with E-state index >= 15 is 0 Å². The fraction of sp³-hybridized carbons (Fsp3) is 0.105. The minimum atomic E-state index is -0.349. The Hall–Kier alpha value is -3.21. The molecule has 5 nitrogen and oxygen atoms in total. The molecule has 1 N–H and O–H groups in total. The quantitative estimate of drug-likeness (QED) is 0.741. The van der Waals surface area contributed by atoms with Gasteiger partial charge in [-0.2, -0.15) is 0 Å². The molecule has 0 saturated carbocycles. The molecule has 0 spiro atoms. The molecule has 122 valence electrons. The first-order chi connectivity index (χ1) is 11.8. The summed E-state index contributed by atoms with van der Waals surface area (Å²) in [5.41, 5.74) is 1.56. The molecule has 0 aliphatic carbocycles. The van der Waals surface area contributed by atoms with Crippen LogP contribution in [-0.2, 0) is 6.61 Å². The molecular weight excluding hydrogens is 306 g/mol. The highest BCUT2D eigenvalue weighted by Crippen LogP contribution is 2.30. The van der Waals surface area contributed by atoms with Crippen LogP contribution in [0.1, 0.15) is 16.1 Å². The first-order valence-electron chi connectivity index (χ1n) is 7.46. The third-order valence-corrected chi connectivity index (χ3v) is 3.42. The fourth-order valence-corrected chi connectivity index (χ4v) is 2.19. The Morgan fingerprint density at radius 1 is 1.08 bits per heavy atom. The number of amides is 1. The zero-order valence-corrected chi connectivity index (χ0v) is 13.2. The summed E-state index contributed by atoms with van der Waals surface area (Å²) < 4.78 is 16.2. The molecule has 1 aromatic heterocycles. The summed E-state index contributed by atoms with van der Waals surface area (Å²) in [6.45, 7) is 0.400. The molecule has 1 amide bonds. The number of hydrogen-bond acceptors (Lipinski definition) is 4. The average molecular weight is 323 g/mol. The second kappa shape index (κ2) is 7.37. The monoisotopic (exact) mass is 323 g/mol. The molecule has 2 aromatic carbocycles. The second-order valence-electron chi connectivity index (χ2n) is 5.07. The molecule has 0 fully saturated rings. The van der Waals surface area contributed by atoms with Gasteiger partial charge >= 0.3 is 0 Å². The van der Waals surface area contributed by atoms with E-state index in [4.69, 9.17) is 13.9 Å². The maximum atomic E-state index is 12.2. The van der Waals surface area contributed by atoms with Crippen molar-refractivity contribution >= 4 is 11.6 Å². The average Bonchev–Trinajstić information content (AvgIpc) is 3.16. The van der Waals surface area contributed by atoms with Crippen molar-refractivity contribution in [1.29, 1.82) is 0 Å². The summed E-state index contributed by atoms with van der Waals surface area (Å²) in [5.74, 6) is 1.06. The van der Waals surface area contributed by atoms with E-state index in [-0.39, 0.29) is 11.7 Å². The van der Waals surface area contributed by atoms with Crippen LogP contribution in [0.2, 0.25) is 0 Å². The van der Waals surface area contributed by atoms with Gasteiger partial charge in [0.1, 0.15) is 18.1 Å². The van der Waals surface area contributed by atoms with Crippen LogP contribution in [0.25, 0.3) is 0 Å². The van der Waals surface area contributed by atoms with Crippen molar-refractivity contribution in [2.45, 2.75) is 6.61 Å². The number of ether oxygens (including phenoxy) is 2. The molecular formula is C19H17NO4. The minimum Gasteiger partial charge on any atom is -0.497 e. The van der Waals surface area contributed by atoms with E-state index in [1.54, 1.807) is 37.4 Å². The van der Waals surface area contributed by atoms with Crippen molar-refractivity contribution in [1.82, 2.24) is 0 Å². The number of benzene rings is 2. The van der Waals surface area contributed by atoms with Gasteiger partial charge in [0.05, 0.1) is 19.1 Å². The highest BCUT2D eigenvalue weighted by atomic mass is 16.5. The standard InChI is InChI=1S/C19H17NO4/c1-22-15-9-10-17(24-13-14-6-3-2-4-7-14)16(12-15)20-19(21)18-8-5-11-23-18/h2-12H,13H2,1H3,(H,20,21). The van der Waals surface area contributed by atoms with Gasteiger partial charge < -0.3 is 19.2 Å². The van der Waals surface area contributed by atoms with Crippen molar-refractivity contribution in [3.63, 3.8) is 0 Å². The van der Waals surface area contributed by atoms with Crippen LogP contribution in [0.5, 0.6) is 11.5 Å². The smallest absolute Gasteiger partial charge is 0.291 e. The van der Waals surface area contributed by atoms with Crippen LogP contribution in [-0.4, -0.2) is 13.0 Å². The van der Waals surface area contributed by atoms with Crippen LogP contribution in [0.4, 0.5) is 5.69 Å². The van der Waals surface area contributed by atoms with Gasteiger partial charge in [-0.1, -0.05) is 30.3 Å². The lowest BCUT2D eigenvalue weighted by molar-refractivity contribution is 0.0996. The zero-order valence-electron chi connectivity index (χ0n) is 13.2. The molecule has 5 heteroatoms. The minimum absolute atomic E-state index is 0.229. The molecule has 0 unspecified atom stereocenters. The van der Waals surface area contributed by atoms with Crippen molar-refractivity contribution in [2.24, 2.45) is 0 Å². The summed E-state index contributed by atoms with van der Waals surface area (Å²) in [6.07, 6.45) is 1.45. The predicted octanol–water partition coefficient (Wildman–Crippen LogP) is 4.12. The third-order valence-electron chi connectivity index (χ3n) is 3.42. The zero-order chi connectivity index (χ0) is 16.8. The van der Waals surface area contributed by atoms with Gasteiger partial charge in [-0.05, 0) is 29.8 Å². The van der Waals surface area contributed by atoms with Gasteiger partial charge in [-0.25, -0.2) is 0 Å². The first kappa shape index (κ1) is 15.7. The van der Waals surface area contributed by atoms with Crippen molar-refractivity contribution in [2.75, 3.05) is 12.4 Å². The molecule has 24 heavy (non-hydrogen) atoms. The van der Waals surface area contributed by atoms with Crippen molar-refractivity contribution in [3.8, 4) is 11.5 Å². The van der Waals surface area contributed by atoms with Gasteiger partial charge in [-0.3, -0.25) is 4.79 Å². The second-order valence-corrected chi connectivity index (χ2v) is 5.07. The van der Waals surface area contributed by atoms with E-state index in [1.807, 2.05) is 30.3 Å². The Morgan fingerprint density at radius 3 is 2.62 bits per heavy atom. The Bertz CT molecular complexity index is 797. The largest absolute Gasteiger partial charge is 0.497 e. The van der Waals surface area contributed by atoms with Crippen LogP contribution in [0.3, 0.4) is 0 Å². The van der Waals surface area contributed by atoms with Crippen LogP contribution in [0.15, 0.2) is 71.3 Å². The number of carbonyl (C=O) groups is 1. The van der Waals surface area contributed by atoms with E-state index in [1.165, 1.54) is 6.26 Å². The fourth-order valence-electron chi connectivity index (χ4n) is 2.19. The molecule has 0 aliphatic heterocycles. The van der Waals surface area contributed by atoms with Crippen LogP contribution < -0.4 is 14.8 Å². The molecule has 1 heterocycles. The molecule has 0 atom stereocenters. The number of furan rings is 1. The maximum absolute atomic E-state index is 12.2. The summed E-state index contributed by atoms with van der Waals surface area (Å²) >= 11 is 0. The predicted molar refractivity (Wildman–Crippen MR) is 90.4 cm³/mol. The molecule has 0 radical (unpaired) electrons. The number of rotatable bonds is 6. The highest BCUT2D eigenvalue weighted by Gasteiger charge is 2.13. The van der Waals surface area contributed by atoms with Gasteiger partial charge in [0, 0.05) is 6.07 Å². The molecule has 0 bridgehead atoms. The van der Waals surface area contributed by atoms with Crippen molar-refractivity contribution < 1.29 is 18.7 Å². The number of nitrogens with one attached hydrogen (secondary N) is 1. The van der Waals surface area contributed by atoms with E-state index in [0.717, 1.165) is 5.56 Å². The summed E-state index contributed by atoms with van der Waals surface area (Å²) in [4.78, 5) is 12.2. The highest BCUT2D eigenvalue weighted by molar-refractivity contribution is 6.03. The van der Waals surface area contributed by atoms with E-state index in [2.05, 4.69) is 5.32 Å². The lowest BCUT2D eigenvalue weighted by atomic mass is 10.2. The van der Waals surface area contributed by atoms with Gasteiger partial charge in [0.25, 0.3) is 5.91 Å². The van der Waals surface area contributed by atoms with Gasteiger partial charge in [-0.15, -0.1) is 0 Å². The summed E-state index contributed by atoms with van der Waals surface area (Å²) in [6, 6.07) is 18.3. The number of methoxy groups -OCH3 is 1. The topological polar surface area (TPSA) is 60.7 Å². The number of anilines is 1. The first-order valence-corrected chi connectivity index (χ1v) is 7.46. The lowest BCUT2D eigenvalue weighted by Crippen LogP contribution is -2.12. The molecule has 0 saturated heterocycles.